The molecule has 0 aliphatic carbocycles. The summed E-state index contributed by atoms with van der Waals surface area (Å²) in [5.41, 5.74) is 1.37. The predicted molar refractivity (Wildman–Crippen MR) is 87.7 cm³/mol. The molecular formula is C16H9Cl2NOS. The zero-order chi connectivity index (χ0) is 14.8. The number of pyridine rings is 1. The summed E-state index contributed by atoms with van der Waals surface area (Å²) in [6.45, 7) is 0. The Balaban J connectivity index is 2.10. The number of nitrogens with zero attached hydrogens (tertiary/aromatic N) is 1. The number of fused-ring (bicyclic) bond motifs is 1. The maximum Gasteiger partial charge on any atom is 0.152 e. The van der Waals surface area contributed by atoms with E-state index in [4.69, 9.17) is 23.2 Å². The quantitative estimate of drug-likeness (QED) is 0.592. The number of halogens is 2. The zero-order valence-corrected chi connectivity index (χ0v) is 13.0. The highest BCUT2D eigenvalue weighted by atomic mass is 35.5. The zero-order valence-electron chi connectivity index (χ0n) is 10.7. The van der Waals surface area contributed by atoms with Crippen LogP contribution in [0.3, 0.4) is 0 Å². The predicted octanol–water partition coefficient (Wildman–Crippen LogP) is 5.51. The van der Waals surface area contributed by atoms with Crippen LogP contribution < -0.4 is 0 Å². The van der Waals surface area contributed by atoms with Crippen molar-refractivity contribution >= 4 is 52.2 Å². The molecule has 0 saturated heterocycles. The number of aromatic nitrogens is 1. The highest BCUT2D eigenvalue weighted by molar-refractivity contribution is 7.99. The Labute approximate surface area is 136 Å². The Morgan fingerprint density at radius 2 is 1.86 bits per heavy atom. The van der Waals surface area contributed by atoms with Gasteiger partial charge in [-0.15, -0.1) is 0 Å². The number of carbonyl (C=O) groups excluding carboxylic acids is 1. The lowest BCUT2D eigenvalue weighted by atomic mass is 10.2. The van der Waals surface area contributed by atoms with Crippen molar-refractivity contribution in [1.82, 2.24) is 4.98 Å². The van der Waals surface area contributed by atoms with Gasteiger partial charge in [0.1, 0.15) is 5.03 Å². The lowest BCUT2D eigenvalue weighted by Crippen LogP contribution is -1.91. The summed E-state index contributed by atoms with van der Waals surface area (Å²) >= 11 is 13.5. The van der Waals surface area contributed by atoms with Crippen LogP contribution in [0.5, 0.6) is 0 Å². The van der Waals surface area contributed by atoms with Gasteiger partial charge in [0, 0.05) is 20.9 Å². The second-order valence-corrected chi connectivity index (χ2v) is 6.24. The lowest BCUT2D eigenvalue weighted by molar-refractivity contribution is 0.112. The van der Waals surface area contributed by atoms with E-state index in [-0.39, 0.29) is 0 Å². The highest BCUT2D eigenvalue weighted by Gasteiger charge is 2.11. The SMILES string of the molecule is O=Cc1cc2ccccc2nc1Sc1cc(Cl)ccc1Cl. The number of carbonyl (C=O) groups is 1. The van der Waals surface area contributed by atoms with Gasteiger partial charge in [0.15, 0.2) is 6.29 Å². The Kier molecular flexibility index (Phi) is 4.15. The fourth-order valence-corrected chi connectivity index (χ4v) is 3.34. The van der Waals surface area contributed by atoms with Crippen LogP contribution in [0.1, 0.15) is 10.4 Å². The number of para-hydroxylation sites is 1. The second kappa shape index (κ2) is 6.06. The maximum atomic E-state index is 11.3. The van der Waals surface area contributed by atoms with Crippen molar-refractivity contribution in [2.75, 3.05) is 0 Å². The number of hydrogen-bond acceptors (Lipinski definition) is 3. The van der Waals surface area contributed by atoms with Crippen LogP contribution in [0.2, 0.25) is 10.0 Å². The smallest absolute Gasteiger partial charge is 0.152 e. The van der Waals surface area contributed by atoms with Gasteiger partial charge in [-0.3, -0.25) is 4.79 Å². The molecule has 0 saturated carbocycles. The molecule has 0 radical (unpaired) electrons. The molecule has 0 unspecified atom stereocenters. The van der Waals surface area contributed by atoms with E-state index in [1.165, 1.54) is 11.8 Å². The monoisotopic (exact) mass is 333 g/mol. The molecule has 0 bridgehead atoms. The first-order valence-corrected chi connectivity index (χ1v) is 7.72. The minimum absolute atomic E-state index is 0.537. The molecule has 0 aliphatic heterocycles. The summed E-state index contributed by atoms with van der Waals surface area (Å²) in [6.07, 6.45) is 0.806. The van der Waals surface area contributed by atoms with Crippen molar-refractivity contribution in [3.8, 4) is 0 Å². The van der Waals surface area contributed by atoms with E-state index in [9.17, 15) is 4.79 Å². The minimum Gasteiger partial charge on any atom is -0.298 e. The van der Waals surface area contributed by atoms with Gasteiger partial charge in [-0.2, -0.15) is 0 Å². The molecule has 0 fully saturated rings. The summed E-state index contributed by atoms with van der Waals surface area (Å²) in [7, 11) is 0. The number of benzene rings is 2. The summed E-state index contributed by atoms with van der Waals surface area (Å²) in [5, 5.41) is 2.72. The first-order chi connectivity index (χ1) is 10.2. The normalized spacial score (nSPS) is 10.8. The van der Waals surface area contributed by atoms with Gasteiger partial charge in [-0.25, -0.2) is 4.98 Å². The molecule has 2 nitrogen and oxygen atoms in total. The van der Waals surface area contributed by atoms with Gasteiger partial charge >= 0.3 is 0 Å². The van der Waals surface area contributed by atoms with Crippen LogP contribution >= 0.6 is 35.0 Å². The summed E-state index contributed by atoms with van der Waals surface area (Å²) in [4.78, 5) is 16.6. The molecule has 0 atom stereocenters. The largest absolute Gasteiger partial charge is 0.298 e. The average Bonchev–Trinajstić information content (AvgIpc) is 2.50. The number of aldehydes is 1. The summed E-state index contributed by atoms with van der Waals surface area (Å²) < 4.78 is 0. The third-order valence-electron chi connectivity index (χ3n) is 2.94. The van der Waals surface area contributed by atoms with Crippen molar-refractivity contribution in [3.63, 3.8) is 0 Å². The van der Waals surface area contributed by atoms with Crippen molar-refractivity contribution in [1.29, 1.82) is 0 Å². The molecule has 1 heterocycles. The average molecular weight is 334 g/mol. The summed E-state index contributed by atoms with van der Waals surface area (Å²) in [6, 6.07) is 14.7. The molecule has 0 N–H and O–H groups in total. The van der Waals surface area contributed by atoms with Crippen LogP contribution in [0.15, 0.2) is 58.5 Å². The first kappa shape index (κ1) is 14.4. The van der Waals surface area contributed by atoms with Crippen LogP contribution in [0.4, 0.5) is 0 Å². The maximum absolute atomic E-state index is 11.3. The third kappa shape index (κ3) is 3.05. The molecular weight excluding hydrogens is 325 g/mol. The van der Waals surface area contributed by atoms with E-state index in [2.05, 4.69) is 4.98 Å². The van der Waals surface area contributed by atoms with Gasteiger partial charge in [0.2, 0.25) is 0 Å². The van der Waals surface area contributed by atoms with Gasteiger partial charge in [-0.05, 0) is 30.3 Å². The van der Waals surface area contributed by atoms with E-state index >= 15 is 0 Å². The molecule has 0 aliphatic rings. The minimum atomic E-state index is 0.537. The number of hydrogen-bond donors (Lipinski definition) is 0. The van der Waals surface area contributed by atoms with E-state index in [0.29, 0.717) is 20.6 Å². The van der Waals surface area contributed by atoms with Crippen molar-refractivity contribution < 1.29 is 4.79 Å². The van der Waals surface area contributed by atoms with Crippen LogP contribution in [-0.4, -0.2) is 11.3 Å². The summed E-state index contributed by atoms with van der Waals surface area (Å²) in [5.74, 6) is 0. The molecule has 0 amide bonds. The van der Waals surface area contributed by atoms with Gasteiger partial charge in [-0.1, -0.05) is 53.2 Å². The Bertz CT molecular complexity index is 836. The molecule has 1 aromatic heterocycles. The fraction of sp³-hybridized carbons (Fsp3) is 0. The number of rotatable bonds is 3. The van der Waals surface area contributed by atoms with E-state index < -0.39 is 0 Å². The molecule has 5 heteroatoms. The fourth-order valence-electron chi connectivity index (χ4n) is 1.94. The van der Waals surface area contributed by atoms with Crippen LogP contribution in [0.25, 0.3) is 10.9 Å². The lowest BCUT2D eigenvalue weighted by Gasteiger charge is -2.08. The molecule has 2 aromatic carbocycles. The van der Waals surface area contributed by atoms with Gasteiger partial charge in [0.25, 0.3) is 0 Å². The third-order valence-corrected chi connectivity index (χ3v) is 4.70. The van der Waals surface area contributed by atoms with E-state index in [1.807, 2.05) is 30.3 Å². The van der Waals surface area contributed by atoms with E-state index in [0.717, 1.165) is 22.1 Å². The van der Waals surface area contributed by atoms with Crippen molar-refractivity contribution in [3.05, 3.63) is 64.1 Å². The van der Waals surface area contributed by atoms with Crippen LogP contribution in [-0.2, 0) is 0 Å². The Hall–Kier alpha value is -1.55. The van der Waals surface area contributed by atoms with Crippen molar-refractivity contribution in [2.24, 2.45) is 0 Å². The van der Waals surface area contributed by atoms with Crippen molar-refractivity contribution in [2.45, 2.75) is 9.92 Å². The second-order valence-electron chi connectivity index (χ2n) is 4.37. The Morgan fingerprint density at radius 3 is 2.67 bits per heavy atom. The Morgan fingerprint density at radius 1 is 1.05 bits per heavy atom. The molecule has 104 valence electrons. The molecule has 3 aromatic rings. The van der Waals surface area contributed by atoms with Crippen LogP contribution in [0, 0.1) is 0 Å². The van der Waals surface area contributed by atoms with Gasteiger partial charge < -0.3 is 0 Å². The first-order valence-electron chi connectivity index (χ1n) is 6.15. The molecule has 21 heavy (non-hydrogen) atoms. The molecule has 3 rings (SSSR count). The van der Waals surface area contributed by atoms with E-state index in [1.54, 1.807) is 18.2 Å². The molecule has 0 spiro atoms. The topological polar surface area (TPSA) is 30.0 Å². The van der Waals surface area contributed by atoms with Gasteiger partial charge in [0.05, 0.1) is 10.5 Å². The highest BCUT2D eigenvalue weighted by Crippen LogP contribution is 2.36. The standard InChI is InChI=1S/C16H9Cl2NOS/c17-12-5-6-13(18)15(8-12)21-16-11(9-20)7-10-3-1-2-4-14(10)19-16/h1-9H.